The molecule has 29 heavy (non-hydrogen) atoms. The summed E-state index contributed by atoms with van der Waals surface area (Å²) in [6, 6.07) is 6.46. The number of benzene rings is 1. The number of carbonyl (C=O) groups excluding carboxylic acids is 1. The van der Waals surface area contributed by atoms with Crippen LogP contribution in [0, 0.1) is 17.8 Å². The smallest absolute Gasteiger partial charge is 0.309 e. The lowest BCUT2D eigenvalue weighted by Gasteiger charge is -2.19. The van der Waals surface area contributed by atoms with Crippen molar-refractivity contribution in [2.45, 2.75) is 65.1 Å². The van der Waals surface area contributed by atoms with Crippen LogP contribution in [0.5, 0.6) is 5.75 Å². The van der Waals surface area contributed by atoms with Gasteiger partial charge in [0.2, 0.25) is 0 Å². The molecule has 3 unspecified atom stereocenters. The second-order valence-corrected chi connectivity index (χ2v) is 8.90. The zero-order valence-electron chi connectivity index (χ0n) is 18.3. The maximum absolute atomic E-state index is 12.0. The molecule has 0 amide bonds. The average molecular weight is 405 g/mol. The third kappa shape index (κ3) is 6.19. The number of esters is 1. The highest BCUT2D eigenvalue weighted by Gasteiger charge is 2.38. The Balaban J connectivity index is 1.49. The lowest BCUT2D eigenvalue weighted by molar-refractivity contribution is -0.147. The maximum atomic E-state index is 12.0. The maximum Gasteiger partial charge on any atom is 0.309 e. The molecule has 0 radical (unpaired) electrons. The molecule has 1 aliphatic carbocycles. The normalized spacial score (nSPS) is 22.7. The molecule has 3 rings (SSSR count). The van der Waals surface area contributed by atoms with E-state index in [-0.39, 0.29) is 23.9 Å². The Morgan fingerprint density at radius 3 is 2.62 bits per heavy atom. The Labute approximate surface area is 175 Å². The van der Waals surface area contributed by atoms with E-state index in [0.717, 1.165) is 24.2 Å². The number of cyclic esters (lactones) is 1. The summed E-state index contributed by atoms with van der Waals surface area (Å²) in [7, 11) is 1.71. The highest BCUT2D eigenvalue weighted by Crippen LogP contribution is 2.44. The molecule has 5 heteroatoms. The van der Waals surface area contributed by atoms with Gasteiger partial charge in [-0.2, -0.15) is 0 Å². The van der Waals surface area contributed by atoms with Gasteiger partial charge in [-0.3, -0.25) is 4.79 Å². The van der Waals surface area contributed by atoms with Crippen molar-refractivity contribution in [3.05, 3.63) is 29.3 Å². The summed E-state index contributed by atoms with van der Waals surface area (Å²) in [6.45, 7) is 8.75. The summed E-state index contributed by atoms with van der Waals surface area (Å²) in [6.07, 6.45) is 4.15. The van der Waals surface area contributed by atoms with Crippen LogP contribution in [0.3, 0.4) is 0 Å². The Kier molecular flexibility index (Phi) is 7.96. The minimum absolute atomic E-state index is 0.0234. The third-order valence-corrected chi connectivity index (χ3v) is 5.99. The highest BCUT2D eigenvalue weighted by molar-refractivity contribution is 5.74. The summed E-state index contributed by atoms with van der Waals surface area (Å²) in [4.78, 5) is 12.0. The van der Waals surface area contributed by atoms with Crippen molar-refractivity contribution < 1.29 is 23.7 Å². The van der Waals surface area contributed by atoms with Crippen LogP contribution in [0.4, 0.5) is 0 Å². The molecule has 1 saturated heterocycles. The number of methoxy groups -OCH3 is 1. The summed E-state index contributed by atoms with van der Waals surface area (Å²) in [5.41, 5.74) is 2.43. The minimum atomic E-state index is -0.0530. The first-order chi connectivity index (χ1) is 14.0. The van der Waals surface area contributed by atoms with Crippen LogP contribution < -0.4 is 4.74 Å². The van der Waals surface area contributed by atoms with Gasteiger partial charge in [0.05, 0.1) is 25.7 Å². The number of ether oxygens (including phenoxy) is 4. The molecule has 2 aliphatic rings. The summed E-state index contributed by atoms with van der Waals surface area (Å²) in [5, 5.41) is 0. The monoisotopic (exact) mass is 404 g/mol. The van der Waals surface area contributed by atoms with Crippen molar-refractivity contribution in [3.63, 3.8) is 0 Å². The molecule has 1 aromatic carbocycles. The molecule has 1 saturated carbocycles. The van der Waals surface area contributed by atoms with E-state index in [1.165, 1.54) is 18.4 Å². The number of hydrogen-bond donors (Lipinski definition) is 0. The minimum Gasteiger partial charge on any atom is -0.493 e. The molecule has 0 N–H and O–H groups in total. The van der Waals surface area contributed by atoms with Gasteiger partial charge in [-0.05, 0) is 48.3 Å². The van der Waals surface area contributed by atoms with Gasteiger partial charge in [0.1, 0.15) is 11.9 Å². The van der Waals surface area contributed by atoms with E-state index >= 15 is 0 Å². The second kappa shape index (κ2) is 10.4. The highest BCUT2D eigenvalue weighted by atomic mass is 16.6. The summed E-state index contributed by atoms with van der Waals surface area (Å²) >= 11 is 0. The van der Waals surface area contributed by atoms with E-state index in [4.69, 9.17) is 18.9 Å². The SMILES string of the molecule is COCCCOc1cc(COCC(C)C2CC(C(C)C)C(=O)O2)ccc1C1CC1. The predicted octanol–water partition coefficient (Wildman–Crippen LogP) is 4.72. The van der Waals surface area contributed by atoms with Crippen molar-refractivity contribution in [1.82, 2.24) is 0 Å². The fourth-order valence-electron chi connectivity index (χ4n) is 3.90. The molecule has 2 fully saturated rings. The van der Waals surface area contributed by atoms with Crippen molar-refractivity contribution in [3.8, 4) is 5.75 Å². The Morgan fingerprint density at radius 1 is 1.17 bits per heavy atom. The molecular weight excluding hydrogens is 368 g/mol. The standard InChI is InChI=1S/C24H36O5/c1-16(2)21-13-22(29-24(21)25)17(3)14-27-15-18-6-9-20(19-7-8-19)23(12-18)28-11-5-10-26-4/h6,9,12,16-17,19,21-22H,5,7-8,10-11,13-15H2,1-4H3. The van der Waals surface area contributed by atoms with Gasteiger partial charge in [-0.15, -0.1) is 0 Å². The molecule has 1 heterocycles. The quantitative estimate of drug-likeness (QED) is 0.373. The van der Waals surface area contributed by atoms with Crippen molar-refractivity contribution in [1.29, 1.82) is 0 Å². The molecule has 0 bridgehead atoms. The molecule has 5 nitrogen and oxygen atoms in total. The van der Waals surface area contributed by atoms with Gasteiger partial charge >= 0.3 is 5.97 Å². The molecule has 3 atom stereocenters. The predicted molar refractivity (Wildman–Crippen MR) is 112 cm³/mol. The fourth-order valence-corrected chi connectivity index (χ4v) is 3.90. The van der Waals surface area contributed by atoms with Gasteiger partial charge < -0.3 is 18.9 Å². The third-order valence-electron chi connectivity index (χ3n) is 5.99. The van der Waals surface area contributed by atoms with Crippen LogP contribution in [0.1, 0.15) is 63.5 Å². The van der Waals surface area contributed by atoms with Crippen LogP contribution >= 0.6 is 0 Å². The summed E-state index contributed by atoms with van der Waals surface area (Å²) in [5.74, 6) is 2.12. The van der Waals surface area contributed by atoms with Gasteiger partial charge in [-0.25, -0.2) is 0 Å². The largest absolute Gasteiger partial charge is 0.493 e. The molecule has 0 spiro atoms. The first-order valence-corrected chi connectivity index (χ1v) is 11.0. The average Bonchev–Trinajstić information content (AvgIpc) is 3.46. The summed E-state index contributed by atoms with van der Waals surface area (Å²) < 4.78 is 22.7. The number of carbonyl (C=O) groups is 1. The van der Waals surface area contributed by atoms with Crippen molar-refractivity contribution in [2.24, 2.45) is 17.8 Å². The number of hydrogen-bond acceptors (Lipinski definition) is 5. The van der Waals surface area contributed by atoms with E-state index in [1.807, 2.05) is 0 Å². The molecular formula is C24H36O5. The Bertz CT molecular complexity index is 667. The zero-order valence-corrected chi connectivity index (χ0v) is 18.3. The molecule has 1 aliphatic heterocycles. The van der Waals surface area contributed by atoms with Crippen molar-refractivity contribution in [2.75, 3.05) is 26.9 Å². The second-order valence-electron chi connectivity index (χ2n) is 8.90. The van der Waals surface area contributed by atoms with Gasteiger partial charge in [-0.1, -0.05) is 32.9 Å². The first-order valence-electron chi connectivity index (χ1n) is 11.0. The lowest BCUT2D eigenvalue weighted by Crippen LogP contribution is -2.22. The molecule has 162 valence electrons. The van der Waals surface area contributed by atoms with Gasteiger partial charge in [0.15, 0.2) is 0 Å². The van der Waals surface area contributed by atoms with E-state index in [1.54, 1.807) is 7.11 Å². The van der Waals surface area contributed by atoms with Crippen LogP contribution in [0.15, 0.2) is 18.2 Å². The lowest BCUT2D eigenvalue weighted by atomic mass is 9.90. The van der Waals surface area contributed by atoms with Crippen LogP contribution in [0.25, 0.3) is 0 Å². The van der Waals surface area contributed by atoms with Gasteiger partial charge in [0, 0.05) is 26.1 Å². The fraction of sp³-hybridized carbons (Fsp3) is 0.708. The Hall–Kier alpha value is -1.59. The van der Waals surface area contributed by atoms with E-state index < -0.39 is 0 Å². The van der Waals surface area contributed by atoms with E-state index in [2.05, 4.69) is 39.0 Å². The van der Waals surface area contributed by atoms with Gasteiger partial charge in [0.25, 0.3) is 0 Å². The van der Waals surface area contributed by atoms with Crippen LogP contribution in [-0.4, -0.2) is 39.0 Å². The van der Waals surface area contributed by atoms with E-state index in [9.17, 15) is 4.79 Å². The van der Waals surface area contributed by atoms with Crippen LogP contribution in [0.2, 0.25) is 0 Å². The molecule has 0 aromatic heterocycles. The molecule has 1 aromatic rings. The Morgan fingerprint density at radius 2 is 1.97 bits per heavy atom. The van der Waals surface area contributed by atoms with Crippen LogP contribution in [-0.2, 0) is 25.6 Å². The van der Waals surface area contributed by atoms with Crippen molar-refractivity contribution >= 4 is 5.97 Å². The van der Waals surface area contributed by atoms with E-state index in [0.29, 0.717) is 38.3 Å². The number of rotatable bonds is 12. The first kappa shape index (κ1) is 22.1. The zero-order chi connectivity index (χ0) is 20.8. The topological polar surface area (TPSA) is 54.0 Å².